The van der Waals surface area contributed by atoms with E-state index in [1.54, 1.807) is 0 Å². The van der Waals surface area contributed by atoms with Crippen molar-refractivity contribution in [1.29, 1.82) is 0 Å². The molecule has 1 heterocycles. The SMILES string of the molecule is Cc1ccc2c(c1O)-c1cccc3c1C(C2)NCC3. The number of hydrogen-bond acceptors (Lipinski definition) is 2. The summed E-state index contributed by atoms with van der Waals surface area (Å²) in [5.41, 5.74) is 7.33. The van der Waals surface area contributed by atoms with Crippen molar-refractivity contribution in [3.8, 4) is 16.9 Å². The van der Waals surface area contributed by atoms with Crippen molar-refractivity contribution in [1.82, 2.24) is 5.32 Å². The largest absolute Gasteiger partial charge is 0.507 e. The van der Waals surface area contributed by atoms with E-state index in [0.717, 1.165) is 30.5 Å². The molecular weight excluding hydrogens is 234 g/mol. The molecule has 1 aliphatic carbocycles. The molecule has 2 heteroatoms. The van der Waals surface area contributed by atoms with Crippen LogP contribution in [0.4, 0.5) is 0 Å². The maximum absolute atomic E-state index is 10.4. The van der Waals surface area contributed by atoms with Gasteiger partial charge in [0.2, 0.25) is 0 Å². The molecule has 2 N–H and O–H groups in total. The molecule has 96 valence electrons. The molecule has 2 nitrogen and oxygen atoms in total. The average Bonchev–Trinajstić information content (AvgIpc) is 2.43. The van der Waals surface area contributed by atoms with Crippen LogP contribution in [0.5, 0.6) is 5.75 Å². The molecule has 0 radical (unpaired) electrons. The van der Waals surface area contributed by atoms with Gasteiger partial charge in [0.25, 0.3) is 0 Å². The number of fused-ring (bicyclic) bond motifs is 2. The zero-order valence-electron chi connectivity index (χ0n) is 11.0. The van der Waals surface area contributed by atoms with E-state index in [1.165, 1.54) is 22.3 Å². The summed E-state index contributed by atoms with van der Waals surface area (Å²) in [5, 5.41) is 14.0. The maximum atomic E-state index is 10.4. The first kappa shape index (κ1) is 11.1. The topological polar surface area (TPSA) is 32.3 Å². The summed E-state index contributed by atoms with van der Waals surface area (Å²) in [4.78, 5) is 0. The molecule has 0 bridgehead atoms. The molecule has 2 aromatic carbocycles. The minimum absolute atomic E-state index is 0.412. The lowest BCUT2D eigenvalue weighted by Gasteiger charge is -2.34. The summed E-state index contributed by atoms with van der Waals surface area (Å²) in [6.45, 7) is 3.02. The van der Waals surface area contributed by atoms with Gasteiger partial charge in [0.1, 0.15) is 5.75 Å². The van der Waals surface area contributed by atoms with Crippen molar-refractivity contribution in [3.05, 3.63) is 52.6 Å². The number of hydrogen-bond donors (Lipinski definition) is 2. The monoisotopic (exact) mass is 251 g/mol. The number of benzene rings is 2. The molecule has 1 aliphatic heterocycles. The Morgan fingerprint density at radius 2 is 2.05 bits per heavy atom. The Morgan fingerprint density at radius 1 is 1.16 bits per heavy atom. The second-order valence-electron chi connectivity index (χ2n) is 5.60. The van der Waals surface area contributed by atoms with Crippen molar-refractivity contribution in [2.24, 2.45) is 0 Å². The first-order valence-electron chi connectivity index (χ1n) is 6.92. The Labute approximate surface area is 113 Å². The molecule has 0 aromatic heterocycles. The predicted octanol–water partition coefficient (Wildman–Crippen LogP) is 3.11. The maximum Gasteiger partial charge on any atom is 0.126 e. The van der Waals surface area contributed by atoms with Gasteiger partial charge in [0.05, 0.1) is 0 Å². The van der Waals surface area contributed by atoms with Gasteiger partial charge >= 0.3 is 0 Å². The molecule has 0 saturated heterocycles. The van der Waals surface area contributed by atoms with Crippen LogP contribution < -0.4 is 5.32 Å². The number of phenols is 1. The van der Waals surface area contributed by atoms with Gasteiger partial charge in [0.15, 0.2) is 0 Å². The van der Waals surface area contributed by atoms with Gasteiger partial charge in [-0.1, -0.05) is 30.3 Å². The quantitative estimate of drug-likeness (QED) is 0.754. The normalized spacial score (nSPS) is 19.7. The third-order valence-corrected chi connectivity index (χ3v) is 4.49. The van der Waals surface area contributed by atoms with Crippen LogP contribution in [0.3, 0.4) is 0 Å². The van der Waals surface area contributed by atoms with Crippen LogP contribution in [0.25, 0.3) is 11.1 Å². The zero-order valence-corrected chi connectivity index (χ0v) is 11.0. The second-order valence-corrected chi connectivity index (χ2v) is 5.60. The van der Waals surface area contributed by atoms with Crippen molar-refractivity contribution >= 4 is 0 Å². The van der Waals surface area contributed by atoms with Gasteiger partial charge < -0.3 is 10.4 Å². The fourth-order valence-electron chi connectivity index (χ4n) is 3.55. The summed E-state index contributed by atoms with van der Waals surface area (Å²) in [7, 11) is 0. The third-order valence-electron chi connectivity index (χ3n) is 4.49. The second kappa shape index (κ2) is 3.84. The van der Waals surface area contributed by atoms with Crippen LogP contribution in [-0.2, 0) is 12.8 Å². The average molecular weight is 251 g/mol. The zero-order chi connectivity index (χ0) is 13.0. The molecular formula is C17H17NO. The van der Waals surface area contributed by atoms with Gasteiger partial charge in [-0.3, -0.25) is 0 Å². The number of rotatable bonds is 0. The van der Waals surface area contributed by atoms with Gasteiger partial charge in [-0.05, 0) is 54.1 Å². The lowest BCUT2D eigenvalue weighted by atomic mass is 9.77. The smallest absolute Gasteiger partial charge is 0.126 e. The van der Waals surface area contributed by atoms with Gasteiger partial charge in [0, 0.05) is 11.6 Å². The summed E-state index contributed by atoms with van der Waals surface area (Å²) in [5.74, 6) is 0.454. The Bertz CT molecular complexity index is 675. The fourth-order valence-corrected chi connectivity index (χ4v) is 3.55. The van der Waals surface area contributed by atoms with Crippen LogP contribution in [0.1, 0.15) is 28.3 Å². The number of aromatic hydroxyl groups is 1. The van der Waals surface area contributed by atoms with E-state index < -0.39 is 0 Å². The summed E-state index contributed by atoms with van der Waals surface area (Å²) >= 11 is 0. The molecule has 4 rings (SSSR count). The Hall–Kier alpha value is -1.80. The molecule has 0 fully saturated rings. The minimum atomic E-state index is 0.412. The van der Waals surface area contributed by atoms with E-state index >= 15 is 0 Å². The lowest BCUT2D eigenvalue weighted by molar-refractivity contribution is 0.465. The van der Waals surface area contributed by atoms with Crippen LogP contribution in [0.15, 0.2) is 30.3 Å². The third kappa shape index (κ3) is 1.47. The molecule has 0 amide bonds. The molecule has 0 spiro atoms. The Balaban J connectivity index is 2.06. The highest BCUT2D eigenvalue weighted by molar-refractivity contribution is 5.81. The summed E-state index contributed by atoms with van der Waals surface area (Å²) in [6, 6.07) is 11.1. The fraction of sp³-hybridized carbons (Fsp3) is 0.294. The lowest BCUT2D eigenvalue weighted by Crippen LogP contribution is -2.33. The molecule has 0 saturated carbocycles. The number of nitrogens with one attached hydrogen (secondary N) is 1. The van der Waals surface area contributed by atoms with E-state index in [-0.39, 0.29) is 0 Å². The standard InChI is InChI=1S/C17H17NO/c1-10-5-6-12-9-14-15-11(7-8-18-14)3-2-4-13(15)16(12)17(10)19/h2-6,14,18-19H,7-9H2,1H3. The molecule has 19 heavy (non-hydrogen) atoms. The van der Waals surface area contributed by atoms with Crippen LogP contribution in [0, 0.1) is 6.92 Å². The first-order chi connectivity index (χ1) is 9.25. The number of phenolic OH excluding ortho intramolecular Hbond substituents is 1. The van der Waals surface area contributed by atoms with E-state index in [9.17, 15) is 5.11 Å². The molecule has 1 unspecified atom stereocenters. The Kier molecular flexibility index (Phi) is 2.24. The molecule has 2 aromatic rings. The van der Waals surface area contributed by atoms with Gasteiger partial charge in [-0.2, -0.15) is 0 Å². The highest BCUT2D eigenvalue weighted by Gasteiger charge is 2.30. The number of aryl methyl sites for hydroxylation is 1. The van der Waals surface area contributed by atoms with E-state index in [2.05, 4.69) is 29.6 Å². The Morgan fingerprint density at radius 3 is 2.95 bits per heavy atom. The summed E-state index contributed by atoms with van der Waals surface area (Å²) < 4.78 is 0. The van der Waals surface area contributed by atoms with Gasteiger partial charge in [-0.25, -0.2) is 0 Å². The van der Waals surface area contributed by atoms with Crippen LogP contribution in [0.2, 0.25) is 0 Å². The molecule has 2 aliphatic rings. The van der Waals surface area contributed by atoms with Crippen molar-refractivity contribution in [2.75, 3.05) is 6.54 Å². The first-order valence-corrected chi connectivity index (χ1v) is 6.92. The summed E-state index contributed by atoms with van der Waals surface area (Å²) in [6.07, 6.45) is 2.06. The minimum Gasteiger partial charge on any atom is -0.507 e. The predicted molar refractivity (Wildman–Crippen MR) is 76.4 cm³/mol. The van der Waals surface area contributed by atoms with Crippen molar-refractivity contribution in [3.63, 3.8) is 0 Å². The highest BCUT2D eigenvalue weighted by Crippen LogP contribution is 2.46. The van der Waals surface area contributed by atoms with Crippen molar-refractivity contribution < 1.29 is 5.11 Å². The van der Waals surface area contributed by atoms with E-state index in [0.29, 0.717) is 11.8 Å². The van der Waals surface area contributed by atoms with Crippen LogP contribution in [-0.4, -0.2) is 11.7 Å². The van der Waals surface area contributed by atoms with Crippen LogP contribution >= 0.6 is 0 Å². The van der Waals surface area contributed by atoms with E-state index in [4.69, 9.17) is 0 Å². The van der Waals surface area contributed by atoms with E-state index in [1.807, 2.05) is 13.0 Å². The highest BCUT2D eigenvalue weighted by atomic mass is 16.3. The molecule has 1 atom stereocenters. The van der Waals surface area contributed by atoms with Crippen molar-refractivity contribution in [2.45, 2.75) is 25.8 Å². The van der Waals surface area contributed by atoms with Gasteiger partial charge in [-0.15, -0.1) is 0 Å².